The molecule has 1 aliphatic heterocycles. The first-order valence-electron chi connectivity index (χ1n) is 9.64. The first kappa shape index (κ1) is 22.3. The van der Waals surface area contributed by atoms with Crippen molar-refractivity contribution in [2.24, 2.45) is 0 Å². The number of nitrogens with one attached hydrogen (secondary N) is 1. The third-order valence-corrected chi connectivity index (χ3v) is 7.09. The summed E-state index contributed by atoms with van der Waals surface area (Å²) in [7, 11) is -3.48. The minimum Gasteiger partial charge on any atom is -0.349 e. The molecule has 9 heteroatoms. The molecule has 156 valence electrons. The summed E-state index contributed by atoms with van der Waals surface area (Å²) in [6, 6.07) is 8.97. The summed E-state index contributed by atoms with van der Waals surface area (Å²) in [4.78, 5) is 26.0. The van der Waals surface area contributed by atoms with E-state index in [1.807, 2.05) is 44.2 Å². The molecule has 0 aromatic heterocycles. The average Bonchev–Trinajstić information content (AvgIpc) is 2.68. The fourth-order valence-electron chi connectivity index (χ4n) is 3.37. The van der Waals surface area contributed by atoms with Crippen molar-refractivity contribution in [3.8, 4) is 0 Å². The maximum Gasteiger partial charge on any atom is 0.282 e. The molecule has 1 unspecified atom stereocenters. The van der Waals surface area contributed by atoms with Gasteiger partial charge >= 0.3 is 0 Å². The maximum absolute atomic E-state index is 12.8. The predicted molar refractivity (Wildman–Crippen MR) is 108 cm³/mol. The monoisotopic (exact) mass is 410 g/mol. The van der Waals surface area contributed by atoms with E-state index in [-0.39, 0.29) is 31.3 Å². The maximum atomic E-state index is 12.8. The molecule has 0 bridgehead atoms. The summed E-state index contributed by atoms with van der Waals surface area (Å²) in [5.74, 6) is -0.292. The first-order chi connectivity index (χ1) is 13.3. The van der Waals surface area contributed by atoms with E-state index in [9.17, 15) is 18.0 Å². The van der Waals surface area contributed by atoms with E-state index in [4.69, 9.17) is 0 Å². The molecule has 1 aromatic rings. The molecule has 0 radical (unpaired) electrons. The van der Waals surface area contributed by atoms with Crippen LogP contribution in [0.5, 0.6) is 0 Å². The van der Waals surface area contributed by atoms with Crippen LogP contribution in [0, 0.1) is 0 Å². The number of carbonyl (C=O) groups excluding carboxylic acids is 2. The molecular formula is C19H30N4O4S. The van der Waals surface area contributed by atoms with Crippen LogP contribution in [-0.2, 0) is 19.8 Å². The van der Waals surface area contributed by atoms with Gasteiger partial charge in [-0.05, 0) is 5.56 Å². The van der Waals surface area contributed by atoms with Gasteiger partial charge in [0.1, 0.15) is 0 Å². The highest BCUT2D eigenvalue weighted by atomic mass is 32.2. The van der Waals surface area contributed by atoms with Crippen molar-refractivity contribution in [1.29, 1.82) is 0 Å². The van der Waals surface area contributed by atoms with Gasteiger partial charge in [0.25, 0.3) is 10.2 Å². The zero-order valence-electron chi connectivity index (χ0n) is 16.8. The van der Waals surface area contributed by atoms with Crippen molar-refractivity contribution in [2.75, 3.05) is 39.3 Å². The average molecular weight is 411 g/mol. The Bertz CT molecular complexity index is 757. The number of hydrogen-bond donors (Lipinski definition) is 1. The largest absolute Gasteiger partial charge is 0.349 e. The normalized spacial score (nSPS) is 16.8. The first-order valence-corrected chi connectivity index (χ1v) is 11.0. The number of piperazine rings is 1. The van der Waals surface area contributed by atoms with Gasteiger partial charge in [0.2, 0.25) is 11.8 Å². The van der Waals surface area contributed by atoms with E-state index in [0.717, 1.165) is 5.56 Å². The fourth-order valence-corrected chi connectivity index (χ4v) is 4.97. The molecule has 0 spiro atoms. The Morgan fingerprint density at radius 3 is 2.14 bits per heavy atom. The predicted octanol–water partition coefficient (Wildman–Crippen LogP) is 0.985. The van der Waals surface area contributed by atoms with Crippen LogP contribution in [0.2, 0.25) is 0 Å². The zero-order chi connectivity index (χ0) is 20.7. The minimum atomic E-state index is -3.48. The molecule has 2 amide bonds. The van der Waals surface area contributed by atoms with Crippen molar-refractivity contribution in [3.63, 3.8) is 0 Å². The van der Waals surface area contributed by atoms with Crippen LogP contribution >= 0.6 is 0 Å². The molecule has 1 saturated heterocycles. The van der Waals surface area contributed by atoms with Gasteiger partial charge < -0.3 is 10.2 Å². The molecule has 1 N–H and O–H groups in total. The number of carbonyl (C=O) groups is 2. The molecule has 8 nitrogen and oxygen atoms in total. The van der Waals surface area contributed by atoms with Gasteiger partial charge in [0.15, 0.2) is 0 Å². The standard InChI is InChI=1S/C19H30N4O4S/c1-4-22(5-2)28(26,27)23-13-11-21(12-14-23)19(25)15-18(20-16(3)24)17-9-7-6-8-10-17/h6-10,18H,4-5,11-15H2,1-3H3,(H,20,24). The lowest BCUT2D eigenvalue weighted by Gasteiger charge is -2.36. The van der Waals surface area contributed by atoms with E-state index < -0.39 is 16.3 Å². The van der Waals surface area contributed by atoms with Crippen LogP contribution < -0.4 is 5.32 Å². The van der Waals surface area contributed by atoms with Crippen molar-refractivity contribution < 1.29 is 18.0 Å². The number of hydrogen-bond acceptors (Lipinski definition) is 4. The number of amides is 2. The summed E-state index contributed by atoms with van der Waals surface area (Å²) in [5.41, 5.74) is 0.869. The highest BCUT2D eigenvalue weighted by molar-refractivity contribution is 7.86. The lowest BCUT2D eigenvalue weighted by atomic mass is 10.0. The van der Waals surface area contributed by atoms with E-state index in [1.54, 1.807) is 4.90 Å². The van der Waals surface area contributed by atoms with E-state index in [2.05, 4.69) is 5.32 Å². The topological polar surface area (TPSA) is 90.0 Å². The second-order valence-electron chi connectivity index (χ2n) is 6.74. The summed E-state index contributed by atoms with van der Waals surface area (Å²) in [6.45, 7) is 7.15. The van der Waals surface area contributed by atoms with Gasteiger partial charge in [-0.1, -0.05) is 44.2 Å². The highest BCUT2D eigenvalue weighted by Crippen LogP contribution is 2.19. The summed E-state index contributed by atoms with van der Waals surface area (Å²) < 4.78 is 28.1. The zero-order valence-corrected chi connectivity index (χ0v) is 17.6. The molecule has 1 atom stereocenters. The van der Waals surface area contributed by atoms with Gasteiger partial charge in [-0.2, -0.15) is 17.0 Å². The second kappa shape index (κ2) is 9.99. The van der Waals surface area contributed by atoms with Crippen LogP contribution in [-0.4, -0.2) is 73.0 Å². The van der Waals surface area contributed by atoms with Crippen molar-refractivity contribution in [1.82, 2.24) is 18.8 Å². The Labute approximate surface area is 167 Å². The molecule has 0 aliphatic carbocycles. The smallest absolute Gasteiger partial charge is 0.282 e. The molecule has 1 aromatic carbocycles. The molecule has 1 aliphatic rings. The van der Waals surface area contributed by atoms with Crippen LogP contribution in [0.25, 0.3) is 0 Å². The number of benzene rings is 1. The van der Waals surface area contributed by atoms with E-state index in [1.165, 1.54) is 15.5 Å². The summed E-state index contributed by atoms with van der Waals surface area (Å²) >= 11 is 0. The van der Waals surface area contributed by atoms with Crippen molar-refractivity contribution in [3.05, 3.63) is 35.9 Å². The van der Waals surface area contributed by atoms with E-state index >= 15 is 0 Å². The molecular weight excluding hydrogens is 380 g/mol. The third-order valence-electron chi connectivity index (χ3n) is 4.91. The van der Waals surface area contributed by atoms with Gasteiger partial charge in [-0.25, -0.2) is 0 Å². The summed E-state index contributed by atoms with van der Waals surface area (Å²) in [6.07, 6.45) is 0.145. The Balaban J connectivity index is 1.99. The van der Waals surface area contributed by atoms with Gasteiger partial charge in [0.05, 0.1) is 12.5 Å². The molecule has 0 saturated carbocycles. The Morgan fingerprint density at radius 2 is 1.64 bits per heavy atom. The molecule has 28 heavy (non-hydrogen) atoms. The Kier molecular flexibility index (Phi) is 7.97. The van der Waals surface area contributed by atoms with Crippen LogP contribution in [0.4, 0.5) is 0 Å². The lowest BCUT2D eigenvalue weighted by Crippen LogP contribution is -2.54. The third kappa shape index (κ3) is 5.52. The van der Waals surface area contributed by atoms with Crippen LogP contribution in [0.1, 0.15) is 38.8 Å². The Morgan fingerprint density at radius 1 is 1.07 bits per heavy atom. The number of rotatable bonds is 8. The van der Waals surface area contributed by atoms with Crippen LogP contribution in [0.15, 0.2) is 30.3 Å². The van der Waals surface area contributed by atoms with Gasteiger partial charge in [-0.3, -0.25) is 9.59 Å². The summed E-state index contributed by atoms with van der Waals surface area (Å²) in [5, 5.41) is 2.83. The van der Waals surface area contributed by atoms with E-state index in [0.29, 0.717) is 26.2 Å². The van der Waals surface area contributed by atoms with Crippen molar-refractivity contribution >= 4 is 22.0 Å². The van der Waals surface area contributed by atoms with Crippen molar-refractivity contribution in [2.45, 2.75) is 33.2 Å². The van der Waals surface area contributed by atoms with Gasteiger partial charge in [0, 0.05) is 46.2 Å². The lowest BCUT2D eigenvalue weighted by molar-refractivity contribution is -0.133. The quantitative estimate of drug-likeness (QED) is 0.692. The second-order valence-corrected chi connectivity index (χ2v) is 8.67. The Hall–Kier alpha value is -1.97. The highest BCUT2D eigenvalue weighted by Gasteiger charge is 2.32. The fraction of sp³-hybridized carbons (Fsp3) is 0.579. The molecule has 1 heterocycles. The SMILES string of the molecule is CCN(CC)S(=O)(=O)N1CCN(C(=O)CC(NC(C)=O)c2ccccc2)CC1. The van der Waals surface area contributed by atoms with Crippen LogP contribution in [0.3, 0.4) is 0 Å². The minimum absolute atomic E-state index is 0.0949. The van der Waals surface area contributed by atoms with Gasteiger partial charge in [-0.15, -0.1) is 0 Å². The number of nitrogens with zero attached hydrogens (tertiary/aromatic N) is 3. The molecule has 2 rings (SSSR count). The molecule has 1 fully saturated rings.